The second-order valence-corrected chi connectivity index (χ2v) is 22.1. The van der Waals surface area contributed by atoms with E-state index in [-0.39, 0.29) is 23.5 Å². The summed E-state index contributed by atoms with van der Waals surface area (Å²) in [7, 11) is 0. The number of rotatable bonds is 13. The first-order valence-corrected chi connectivity index (χ1v) is 23.3. The third-order valence-corrected chi connectivity index (χ3v) is 19.7. The molecule has 5 unspecified atom stereocenters. The van der Waals surface area contributed by atoms with Crippen LogP contribution < -0.4 is 5.32 Å². The maximum atomic E-state index is 12.9. The number of hydrogen-bond acceptors (Lipinski definition) is 6. The fourth-order valence-corrected chi connectivity index (χ4v) is 16.2. The predicted molar refractivity (Wildman–Crippen MR) is 215 cm³/mol. The van der Waals surface area contributed by atoms with Gasteiger partial charge in [0, 0.05) is 31.7 Å². The highest BCUT2D eigenvalue weighted by Gasteiger charge is 2.70. The lowest BCUT2D eigenvalue weighted by atomic mass is 9.32. The van der Waals surface area contributed by atoms with Crippen LogP contribution in [-0.4, -0.2) is 77.0 Å². The standard InChI is InChI=1S/C45H78N2O4S/c1-10-44(31-48,39(49)51-11-2)19-12-13-33-16-20-41(7)36(40(33,5)6)18-21-43(9)37(41)15-14-35-38-34(32(3)4)17-22-45(38,24-23-42(35,43)8)46-25-26-47-27-29-52(50)30-28-47/h33-38,46,48H,3,10-31H2,1-2,4-9H3/t33?,34-,35+,36?,37?,38?,41-,42+,43+,44?,45-/m0/s1. The van der Waals surface area contributed by atoms with Gasteiger partial charge in [0.2, 0.25) is 0 Å². The van der Waals surface area contributed by atoms with Crippen LogP contribution in [0.25, 0.3) is 0 Å². The first-order chi connectivity index (χ1) is 24.6. The lowest BCUT2D eigenvalue weighted by molar-refractivity contribution is -0.238. The highest BCUT2D eigenvalue weighted by molar-refractivity contribution is 7.91. The molecule has 2 N–H and O–H groups in total. The third-order valence-electron chi connectivity index (χ3n) is 18.4. The quantitative estimate of drug-likeness (QED) is 0.112. The van der Waals surface area contributed by atoms with Crippen LogP contribution in [0.15, 0.2) is 12.2 Å². The maximum Gasteiger partial charge on any atom is 0.314 e. The Labute approximate surface area is 322 Å². The molecule has 7 heteroatoms. The Balaban J connectivity index is 1.17. The molecular formula is C45H78N2O4S. The molecule has 0 bridgehead atoms. The number of hydrogen-bond donors (Lipinski definition) is 2. The molecule has 1 heterocycles. The van der Waals surface area contributed by atoms with Gasteiger partial charge in [-0.3, -0.25) is 9.69 Å². The van der Waals surface area contributed by atoms with Crippen LogP contribution in [0.5, 0.6) is 0 Å². The Morgan fingerprint density at radius 3 is 2.35 bits per heavy atom. The summed E-state index contributed by atoms with van der Waals surface area (Å²) in [5, 5.41) is 14.6. The molecule has 6 nitrogen and oxygen atoms in total. The minimum atomic E-state index is -0.754. The smallest absolute Gasteiger partial charge is 0.314 e. The zero-order chi connectivity index (χ0) is 37.7. The van der Waals surface area contributed by atoms with Crippen LogP contribution in [0, 0.1) is 62.6 Å². The number of esters is 1. The average Bonchev–Trinajstić information content (AvgIpc) is 3.49. The minimum absolute atomic E-state index is 0.120. The molecule has 298 valence electrons. The van der Waals surface area contributed by atoms with Crippen LogP contribution in [0.3, 0.4) is 0 Å². The lowest BCUT2D eigenvalue weighted by Crippen LogP contribution is -2.68. The van der Waals surface area contributed by atoms with E-state index in [4.69, 9.17) is 4.74 Å². The number of nitrogens with one attached hydrogen (secondary N) is 1. The normalized spacial score (nSPS) is 43.0. The Bertz CT molecular complexity index is 1280. The van der Waals surface area contributed by atoms with Gasteiger partial charge in [-0.15, -0.1) is 0 Å². The van der Waals surface area contributed by atoms with Crippen molar-refractivity contribution in [3.05, 3.63) is 12.2 Å². The van der Waals surface area contributed by atoms with Gasteiger partial charge < -0.3 is 19.7 Å². The molecule has 0 radical (unpaired) electrons. The summed E-state index contributed by atoms with van der Waals surface area (Å²) in [6.07, 6.45) is 16.7. The average molecular weight is 743 g/mol. The zero-order valence-electron chi connectivity index (χ0n) is 34.8. The van der Waals surface area contributed by atoms with E-state index in [1.165, 1.54) is 69.8 Å². The number of carbonyl (C=O) groups excluding carboxylic acids is 1. The van der Waals surface area contributed by atoms with E-state index in [0.29, 0.717) is 47.0 Å². The molecule has 11 atom stereocenters. The van der Waals surface area contributed by atoms with Gasteiger partial charge in [0.15, 0.2) is 0 Å². The summed E-state index contributed by atoms with van der Waals surface area (Å²) < 4.78 is 17.4. The van der Waals surface area contributed by atoms with Gasteiger partial charge >= 0.3 is 5.97 Å². The van der Waals surface area contributed by atoms with E-state index in [1.54, 1.807) is 0 Å². The number of aliphatic hydroxyl groups excluding tert-OH is 1. The van der Waals surface area contributed by atoms with E-state index >= 15 is 0 Å². The van der Waals surface area contributed by atoms with Gasteiger partial charge in [0.25, 0.3) is 0 Å². The van der Waals surface area contributed by atoms with Crippen molar-refractivity contribution < 1.29 is 19.2 Å². The van der Waals surface area contributed by atoms with Gasteiger partial charge in [0.05, 0.1) is 18.6 Å². The summed E-state index contributed by atoms with van der Waals surface area (Å²) in [6, 6.07) is 0. The van der Waals surface area contributed by atoms with Gasteiger partial charge in [-0.1, -0.05) is 71.3 Å². The van der Waals surface area contributed by atoms with E-state index in [1.807, 2.05) is 13.8 Å². The first-order valence-electron chi connectivity index (χ1n) is 21.8. The number of ether oxygens (including phenoxy) is 1. The Kier molecular flexibility index (Phi) is 12.1. The predicted octanol–water partition coefficient (Wildman–Crippen LogP) is 8.79. The summed E-state index contributed by atoms with van der Waals surface area (Å²) in [4.78, 5) is 15.4. The summed E-state index contributed by atoms with van der Waals surface area (Å²) in [5.41, 5.74) is 2.20. The number of allylic oxidation sites excluding steroid dienone is 1. The summed E-state index contributed by atoms with van der Waals surface area (Å²) >= 11 is -0.617. The molecule has 52 heavy (non-hydrogen) atoms. The SMILES string of the molecule is C=C(C)[C@@H]1CC[C@]2(NCCN3CC[S+]([O-])CC3)CC[C@]3(C)[C@H](CCC4[C@@]5(C)CCC(CCCC(CC)(CO)C(=O)OCC)C(C)(C)C5CC[C@]43C)C12. The van der Waals surface area contributed by atoms with E-state index in [9.17, 15) is 14.5 Å². The highest BCUT2D eigenvalue weighted by atomic mass is 32.2. The van der Waals surface area contributed by atoms with E-state index in [0.717, 1.165) is 74.7 Å². The Morgan fingerprint density at radius 2 is 1.69 bits per heavy atom. The van der Waals surface area contributed by atoms with Crippen molar-refractivity contribution in [2.24, 2.45) is 62.6 Å². The number of fused-ring (bicyclic) bond motifs is 7. The van der Waals surface area contributed by atoms with Crippen molar-refractivity contribution in [1.82, 2.24) is 10.2 Å². The van der Waals surface area contributed by atoms with E-state index in [2.05, 4.69) is 58.3 Å². The van der Waals surface area contributed by atoms with Crippen LogP contribution in [0.2, 0.25) is 0 Å². The molecule has 0 aromatic rings. The second kappa shape index (κ2) is 15.4. The number of carbonyl (C=O) groups is 1. The molecule has 0 aromatic carbocycles. The fraction of sp³-hybridized carbons (Fsp3) is 0.933. The maximum absolute atomic E-state index is 12.9. The molecule has 5 aliphatic carbocycles. The van der Waals surface area contributed by atoms with Crippen LogP contribution in [-0.2, 0) is 20.7 Å². The zero-order valence-corrected chi connectivity index (χ0v) is 35.6. The van der Waals surface area contributed by atoms with Crippen molar-refractivity contribution in [2.75, 3.05) is 50.9 Å². The second-order valence-electron chi connectivity index (χ2n) is 20.4. The largest absolute Gasteiger partial charge is 0.616 e. The van der Waals surface area contributed by atoms with Gasteiger partial charge in [-0.25, -0.2) is 0 Å². The molecular weight excluding hydrogens is 665 g/mol. The topological polar surface area (TPSA) is 84.9 Å². The molecule has 0 spiro atoms. The molecule has 5 saturated carbocycles. The van der Waals surface area contributed by atoms with Gasteiger partial charge in [-0.05, 0) is 154 Å². The highest BCUT2D eigenvalue weighted by Crippen LogP contribution is 2.77. The number of nitrogens with zero attached hydrogens (tertiary/aromatic N) is 1. The van der Waals surface area contributed by atoms with Crippen molar-refractivity contribution in [3.63, 3.8) is 0 Å². The molecule has 1 aliphatic heterocycles. The fourth-order valence-electron chi connectivity index (χ4n) is 15.1. The summed E-state index contributed by atoms with van der Waals surface area (Å²) in [5.74, 6) is 5.64. The minimum Gasteiger partial charge on any atom is -0.616 e. The van der Waals surface area contributed by atoms with Crippen molar-refractivity contribution >= 4 is 17.1 Å². The van der Waals surface area contributed by atoms with Crippen LogP contribution in [0.4, 0.5) is 0 Å². The Morgan fingerprint density at radius 1 is 0.962 bits per heavy atom. The molecule has 6 fully saturated rings. The van der Waals surface area contributed by atoms with Crippen LogP contribution in [0.1, 0.15) is 145 Å². The van der Waals surface area contributed by atoms with Gasteiger partial charge in [0.1, 0.15) is 11.5 Å². The third kappa shape index (κ3) is 6.70. The van der Waals surface area contributed by atoms with Crippen molar-refractivity contribution in [2.45, 2.75) is 151 Å². The van der Waals surface area contributed by atoms with Crippen molar-refractivity contribution in [3.8, 4) is 0 Å². The molecule has 6 rings (SSSR count). The number of aliphatic hydroxyl groups is 1. The molecule has 0 amide bonds. The lowest BCUT2D eigenvalue weighted by Gasteiger charge is -2.73. The van der Waals surface area contributed by atoms with Gasteiger partial charge in [-0.2, -0.15) is 0 Å². The Hall–Kier alpha value is -0.600. The van der Waals surface area contributed by atoms with Crippen molar-refractivity contribution in [1.29, 1.82) is 0 Å². The molecule has 0 aromatic heterocycles. The molecule has 1 saturated heterocycles. The van der Waals surface area contributed by atoms with E-state index < -0.39 is 16.6 Å². The monoisotopic (exact) mass is 743 g/mol. The molecule has 6 aliphatic rings. The summed E-state index contributed by atoms with van der Waals surface area (Å²) in [6.45, 7) is 28.6. The first kappa shape index (κ1) is 41.0. The van der Waals surface area contributed by atoms with Crippen LogP contribution >= 0.6 is 0 Å².